The lowest BCUT2D eigenvalue weighted by molar-refractivity contribution is -0.125. The van der Waals surface area contributed by atoms with Crippen LogP contribution >= 0.6 is 0 Å². The highest BCUT2D eigenvalue weighted by Gasteiger charge is 2.27. The predicted molar refractivity (Wildman–Crippen MR) is 131 cm³/mol. The number of hydrogen-bond donors (Lipinski definition) is 1. The Balaban J connectivity index is 1.34. The van der Waals surface area contributed by atoms with Gasteiger partial charge in [0.25, 0.3) is 0 Å². The first-order chi connectivity index (χ1) is 16.1. The fourth-order valence-electron chi connectivity index (χ4n) is 4.62. The number of hydrogen-bond acceptors (Lipinski definition) is 7. The van der Waals surface area contributed by atoms with E-state index in [2.05, 4.69) is 44.8 Å². The Morgan fingerprint density at radius 3 is 2.70 bits per heavy atom. The molecule has 33 heavy (non-hydrogen) atoms. The van der Waals surface area contributed by atoms with Crippen LogP contribution in [0.5, 0.6) is 0 Å². The number of amides is 1. The maximum absolute atomic E-state index is 12.0. The third kappa shape index (κ3) is 4.52. The van der Waals surface area contributed by atoms with Crippen molar-refractivity contribution in [3.05, 3.63) is 60.9 Å². The van der Waals surface area contributed by atoms with Crippen LogP contribution in [0.1, 0.15) is 17.9 Å². The van der Waals surface area contributed by atoms with Crippen LogP contribution in [0.3, 0.4) is 0 Å². The zero-order chi connectivity index (χ0) is 22.8. The number of carbonyl (C=O) groups is 1. The van der Waals surface area contributed by atoms with Gasteiger partial charge < -0.3 is 20.0 Å². The van der Waals surface area contributed by atoms with E-state index in [1.54, 1.807) is 0 Å². The van der Waals surface area contributed by atoms with Crippen LogP contribution in [-0.4, -0.2) is 77.0 Å². The van der Waals surface area contributed by atoms with Crippen molar-refractivity contribution in [3.63, 3.8) is 0 Å². The molecule has 170 valence electrons. The van der Waals surface area contributed by atoms with Crippen molar-refractivity contribution in [2.24, 2.45) is 0 Å². The summed E-state index contributed by atoms with van der Waals surface area (Å²) in [4.78, 5) is 32.5. The number of anilines is 3. The number of benzene rings is 1. The number of nitrogens with zero attached hydrogens (tertiary/aromatic N) is 6. The molecule has 1 aromatic carbocycles. The monoisotopic (exact) mass is 443 g/mol. The molecule has 1 amide bonds. The van der Waals surface area contributed by atoms with Gasteiger partial charge in [-0.3, -0.25) is 4.79 Å². The van der Waals surface area contributed by atoms with Crippen LogP contribution in [0.4, 0.5) is 17.5 Å². The van der Waals surface area contributed by atoms with E-state index in [9.17, 15) is 4.79 Å². The minimum atomic E-state index is -0.0118. The van der Waals surface area contributed by atoms with Crippen molar-refractivity contribution < 1.29 is 4.79 Å². The molecule has 1 unspecified atom stereocenters. The number of pyridine rings is 1. The van der Waals surface area contributed by atoms with Gasteiger partial charge in [0.1, 0.15) is 5.82 Å². The van der Waals surface area contributed by atoms with Crippen molar-refractivity contribution >= 4 is 34.3 Å². The fourth-order valence-corrected chi connectivity index (χ4v) is 4.62. The number of rotatable bonds is 5. The normalized spacial score (nSPS) is 19.1. The summed E-state index contributed by atoms with van der Waals surface area (Å²) in [5, 5.41) is 4.29. The van der Waals surface area contributed by atoms with Gasteiger partial charge in [-0.2, -0.15) is 0 Å². The van der Waals surface area contributed by atoms with Gasteiger partial charge in [-0.05, 0) is 37.2 Å². The maximum atomic E-state index is 12.0. The average Bonchev–Trinajstić information content (AvgIpc) is 3.34. The van der Waals surface area contributed by atoms with Crippen molar-refractivity contribution in [3.8, 4) is 0 Å². The second kappa shape index (κ2) is 9.15. The van der Waals surface area contributed by atoms with Crippen LogP contribution in [0.15, 0.2) is 55.4 Å². The van der Waals surface area contributed by atoms with Gasteiger partial charge in [0.15, 0.2) is 0 Å². The van der Waals surface area contributed by atoms with Gasteiger partial charge in [-0.25, -0.2) is 15.0 Å². The lowest BCUT2D eigenvalue weighted by atomic mass is 9.96. The average molecular weight is 444 g/mol. The maximum Gasteiger partial charge on any atom is 0.245 e. The summed E-state index contributed by atoms with van der Waals surface area (Å²) in [7, 11) is 2.15. The molecule has 0 bridgehead atoms. The van der Waals surface area contributed by atoms with Gasteiger partial charge in [0.2, 0.25) is 11.9 Å². The molecule has 8 nitrogen and oxygen atoms in total. The Morgan fingerprint density at radius 1 is 1.09 bits per heavy atom. The molecule has 2 aromatic heterocycles. The Morgan fingerprint density at radius 2 is 1.94 bits per heavy atom. The van der Waals surface area contributed by atoms with E-state index in [4.69, 9.17) is 4.98 Å². The number of nitrogens with one attached hydrogen (secondary N) is 1. The third-order valence-electron chi connectivity index (χ3n) is 6.59. The molecule has 1 atom stereocenters. The summed E-state index contributed by atoms with van der Waals surface area (Å²) in [6.45, 7) is 9.12. The van der Waals surface area contributed by atoms with E-state index < -0.39 is 0 Å². The topological polar surface area (TPSA) is 77.5 Å². The molecule has 0 aliphatic carbocycles. The highest BCUT2D eigenvalue weighted by molar-refractivity contribution is 5.87. The molecule has 0 saturated carbocycles. The van der Waals surface area contributed by atoms with Crippen LogP contribution in [0, 0.1) is 0 Å². The Labute approximate surface area is 193 Å². The second-order valence-corrected chi connectivity index (χ2v) is 8.77. The van der Waals surface area contributed by atoms with E-state index in [-0.39, 0.29) is 11.8 Å². The minimum Gasteiger partial charge on any atom is -0.354 e. The lowest BCUT2D eigenvalue weighted by Crippen LogP contribution is -2.44. The van der Waals surface area contributed by atoms with Crippen molar-refractivity contribution in [2.75, 3.05) is 56.5 Å². The van der Waals surface area contributed by atoms with Gasteiger partial charge in [-0.15, -0.1) is 0 Å². The number of fused-ring (bicyclic) bond motifs is 1. The molecular formula is C25H29N7O. The summed E-state index contributed by atoms with van der Waals surface area (Å²) in [5.74, 6) is 1.78. The lowest BCUT2D eigenvalue weighted by Gasteiger charge is -2.33. The Kier molecular flexibility index (Phi) is 5.92. The first-order valence-electron chi connectivity index (χ1n) is 11.4. The van der Waals surface area contributed by atoms with Gasteiger partial charge in [0.05, 0.1) is 17.4 Å². The zero-order valence-corrected chi connectivity index (χ0v) is 18.9. The molecule has 3 aromatic rings. The van der Waals surface area contributed by atoms with Gasteiger partial charge >= 0.3 is 0 Å². The van der Waals surface area contributed by atoms with Crippen LogP contribution in [-0.2, 0) is 4.79 Å². The highest BCUT2D eigenvalue weighted by atomic mass is 16.2. The first-order valence-corrected chi connectivity index (χ1v) is 11.4. The summed E-state index contributed by atoms with van der Waals surface area (Å²) in [6.07, 6.45) is 5.99. The summed E-state index contributed by atoms with van der Waals surface area (Å²) in [5.41, 5.74) is 2.93. The summed E-state index contributed by atoms with van der Waals surface area (Å²) < 4.78 is 0. The number of carbonyl (C=O) groups excluding carboxylic acids is 1. The molecule has 8 heteroatoms. The third-order valence-corrected chi connectivity index (χ3v) is 6.59. The molecule has 5 rings (SSSR count). The van der Waals surface area contributed by atoms with E-state index in [0.717, 1.165) is 67.1 Å². The molecular weight excluding hydrogens is 414 g/mol. The molecule has 2 fully saturated rings. The zero-order valence-electron chi connectivity index (χ0n) is 18.9. The largest absolute Gasteiger partial charge is 0.354 e. The number of likely N-dealkylation sites (N-methyl/N-ethyl adjacent to an activating group) is 1. The minimum absolute atomic E-state index is 0.0118. The molecule has 0 radical (unpaired) electrons. The van der Waals surface area contributed by atoms with Crippen molar-refractivity contribution in [2.45, 2.75) is 12.3 Å². The standard InChI is InChI=1S/C25H29N7O/c1-3-23(33)32-10-9-19(17-32)21-6-4-5-18-15-27-25(29-24(18)21)28-20-7-8-22(26-16-20)31-13-11-30(2)12-14-31/h3-8,15-16,19H,1,9-14,17H2,2H3,(H,27,28,29). The highest BCUT2D eigenvalue weighted by Crippen LogP contribution is 2.32. The van der Waals surface area contributed by atoms with Crippen LogP contribution < -0.4 is 10.2 Å². The number of para-hydroxylation sites is 1. The smallest absolute Gasteiger partial charge is 0.245 e. The molecule has 2 saturated heterocycles. The molecule has 1 N–H and O–H groups in total. The Bertz CT molecular complexity index is 1160. The summed E-state index contributed by atoms with van der Waals surface area (Å²) >= 11 is 0. The SMILES string of the molecule is C=CC(=O)N1CCC(c2cccc3cnc(Nc4ccc(N5CCN(C)CC5)nc4)nc23)C1. The molecule has 2 aliphatic heterocycles. The van der Waals surface area contributed by atoms with E-state index >= 15 is 0 Å². The Hall–Kier alpha value is -3.52. The van der Waals surface area contributed by atoms with E-state index in [0.29, 0.717) is 12.5 Å². The number of aromatic nitrogens is 3. The van der Waals surface area contributed by atoms with Crippen LogP contribution in [0.2, 0.25) is 0 Å². The summed E-state index contributed by atoms with van der Waals surface area (Å²) in [6, 6.07) is 10.2. The molecule has 4 heterocycles. The van der Waals surface area contributed by atoms with Crippen molar-refractivity contribution in [1.82, 2.24) is 24.8 Å². The molecule has 2 aliphatic rings. The first kappa shape index (κ1) is 21.3. The van der Waals surface area contributed by atoms with Crippen molar-refractivity contribution in [1.29, 1.82) is 0 Å². The van der Waals surface area contributed by atoms with E-state index in [1.807, 2.05) is 41.6 Å². The predicted octanol–water partition coefficient (Wildman–Crippen LogP) is 3.02. The van der Waals surface area contributed by atoms with Gasteiger partial charge in [0, 0.05) is 56.8 Å². The van der Waals surface area contributed by atoms with Gasteiger partial charge in [-0.1, -0.05) is 24.8 Å². The second-order valence-electron chi connectivity index (χ2n) is 8.77. The number of piperazine rings is 1. The van der Waals surface area contributed by atoms with Crippen LogP contribution in [0.25, 0.3) is 10.9 Å². The van der Waals surface area contributed by atoms with E-state index in [1.165, 1.54) is 6.08 Å². The molecule has 0 spiro atoms. The number of likely N-dealkylation sites (tertiary alicyclic amines) is 1. The quantitative estimate of drug-likeness (QED) is 0.608. The fraction of sp³-hybridized carbons (Fsp3) is 0.360.